The molecule has 2 aromatic carbocycles. The van der Waals surface area contributed by atoms with Gasteiger partial charge in [-0.2, -0.15) is 0 Å². The molecule has 1 N–H and O–H groups in total. The zero-order valence-corrected chi connectivity index (χ0v) is 18.6. The summed E-state index contributed by atoms with van der Waals surface area (Å²) in [6.07, 6.45) is 17.1. The van der Waals surface area contributed by atoms with Crippen molar-refractivity contribution in [3.8, 4) is 0 Å². The number of unbranched alkanes of at least 4 members (excludes halogenated alkanes) is 12. The van der Waals surface area contributed by atoms with Gasteiger partial charge in [0, 0.05) is 6.61 Å². The summed E-state index contributed by atoms with van der Waals surface area (Å²) in [5.41, 5.74) is 0.966. The predicted molar refractivity (Wildman–Crippen MR) is 125 cm³/mol. The Labute approximate surface area is 178 Å². The fourth-order valence-electron chi connectivity index (χ4n) is 4.05. The van der Waals surface area contributed by atoms with Gasteiger partial charge in [0.1, 0.15) is 6.10 Å². The van der Waals surface area contributed by atoms with Crippen LogP contribution >= 0.6 is 0 Å². The number of fused-ring (bicyclic) bond motifs is 1. The number of hydrogen-bond donors (Lipinski definition) is 1. The van der Waals surface area contributed by atoms with Gasteiger partial charge in [-0.3, -0.25) is 0 Å². The first-order valence-electron chi connectivity index (χ1n) is 12.1. The van der Waals surface area contributed by atoms with Gasteiger partial charge in [-0.05, 0) is 22.8 Å². The van der Waals surface area contributed by atoms with Crippen LogP contribution in [0.3, 0.4) is 0 Å². The molecule has 0 aromatic heterocycles. The highest BCUT2D eigenvalue weighted by molar-refractivity contribution is 5.85. The Kier molecular flexibility index (Phi) is 12.7. The normalized spacial score (nSPS) is 12.5. The fourth-order valence-corrected chi connectivity index (χ4v) is 4.05. The molecule has 0 amide bonds. The monoisotopic (exact) mass is 398 g/mol. The molecule has 162 valence electrons. The van der Waals surface area contributed by atoms with Crippen molar-refractivity contribution in [3.05, 3.63) is 48.0 Å². The molecule has 0 aliphatic carbocycles. The lowest BCUT2D eigenvalue weighted by Crippen LogP contribution is -2.08. The largest absolute Gasteiger partial charge is 0.386 e. The van der Waals surface area contributed by atoms with E-state index in [9.17, 15) is 5.11 Å². The van der Waals surface area contributed by atoms with E-state index in [0.29, 0.717) is 6.61 Å². The lowest BCUT2D eigenvalue weighted by Gasteiger charge is -2.14. The van der Waals surface area contributed by atoms with Crippen molar-refractivity contribution < 1.29 is 9.84 Å². The molecular weight excluding hydrogens is 356 g/mol. The molecule has 0 spiro atoms. The highest BCUT2D eigenvalue weighted by Gasteiger charge is 2.10. The van der Waals surface area contributed by atoms with Crippen LogP contribution < -0.4 is 0 Å². The van der Waals surface area contributed by atoms with Crippen molar-refractivity contribution in [1.29, 1.82) is 0 Å². The Balaban J connectivity index is 1.43. The number of benzene rings is 2. The van der Waals surface area contributed by atoms with Crippen LogP contribution in [0.4, 0.5) is 0 Å². The summed E-state index contributed by atoms with van der Waals surface area (Å²) < 4.78 is 5.75. The van der Waals surface area contributed by atoms with Crippen molar-refractivity contribution in [3.63, 3.8) is 0 Å². The van der Waals surface area contributed by atoms with Crippen LogP contribution in [0.5, 0.6) is 0 Å². The van der Waals surface area contributed by atoms with E-state index >= 15 is 0 Å². The van der Waals surface area contributed by atoms with E-state index in [-0.39, 0.29) is 0 Å². The topological polar surface area (TPSA) is 29.5 Å². The maximum absolute atomic E-state index is 10.5. The van der Waals surface area contributed by atoms with Crippen LogP contribution in [0.15, 0.2) is 42.5 Å². The maximum atomic E-state index is 10.5. The smallest absolute Gasteiger partial charge is 0.103 e. The van der Waals surface area contributed by atoms with Crippen molar-refractivity contribution in [2.45, 2.75) is 96.5 Å². The standard InChI is InChI=1S/C27H42O2/c1-2-3-4-5-6-7-8-9-10-11-12-13-16-22-29-23-27(28)26-21-17-19-24-18-14-15-20-25(24)26/h14-15,17-21,27-28H,2-13,16,22-23H2,1H3. The minimum Gasteiger partial charge on any atom is -0.386 e. The van der Waals surface area contributed by atoms with Crippen LogP contribution in [0, 0.1) is 0 Å². The van der Waals surface area contributed by atoms with Gasteiger partial charge in [0.2, 0.25) is 0 Å². The zero-order chi connectivity index (χ0) is 20.6. The minimum atomic E-state index is -0.553. The summed E-state index contributed by atoms with van der Waals surface area (Å²) in [7, 11) is 0. The van der Waals surface area contributed by atoms with Crippen LogP contribution in [0.2, 0.25) is 0 Å². The summed E-state index contributed by atoms with van der Waals surface area (Å²) in [5, 5.41) is 12.8. The first kappa shape index (κ1) is 23.9. The first-order chi connectivity index (χ1) is 14.3. The fraction of sp³-hybridized carbons (Fsp3) is 0.630. The number of hydrogen-bond acceptors (Lipinski definition) is 2. The molecule has 2 aromatic rings. The number of aliphatic hydroxyl groups excluding tert-OH is 1. The summed E-state index contributed by atoms with van der Waals surface area (Å²) in [6, 6.07) is 14.3. The minimum absolute atomic E-state index is 0.381. The first-order valence-corrected chi connectivity index (χ1v) is 12.1. The molecule has 2 nitrogen and oxygen atoms in total. The molecule has 0 saturated heterocycles. The summed E-state index contributed by atoms with van der Waals surface area (Å²) in [6.45, 7) is 3.41. The maximum Gasteiger partial charge on any atom is 0.103 e. The van der Waals surface area contributed by atoms with Crippen LogP contribution in [0.25, 0.3) is 10.8 Å². The van der Waals surface area contributed by atoms with E-state index in [2.05, 4.69) is 25.1 Å². The van der Waals surface area contributed by atoms with Gasteiger partial charge in [0.15, 0.2) is 0 Å². The SMILES string of the molecule is CCCCCCCCCCCCCCCOCC(O)c1cccc2ccccc12. The third-order valence-electron chi connectivity index (χ3n) is 5.85. The molecule has 2 heteroatoms. The van der Waals surface area contributed by atoms with Crippen molar-refractivity contribution in [1.82, 2.24) is 0 Å². The molecule has 29 heavy (non-hydrogen) atoms. The highest BCUT2D eigenvalue weighted by Crippen LogP contribution is 2.24. The van der Waals surface area contributed by atoms with E-state index in [4.69, 9.17) is 4.74 Å². The van der Waals surface area contributed by atoms with Crippen molar-refractivity contribution in [2.75, 3.05) is 13.2 Å². The molecule has 0 fully saturated rings. The Morgan fingerprint density at radius 3 is 1.90 bits per heavy atom. The molecule has 1 atom stereocenters. The van der Waals surface area contributed by atoms with E-state index < -0.39 is 6.10 Å². The van der Waals surface area contributed by atoms with Crippen LogP contribution in [-0.4, -0.2) is 18.3 Å². The van der Waals surface area contributed by atoms with E-state index in [0.717, 1.165) is 24.0 Å². The second-order valence-electron chi connectivity index (χ2n) is 8.40. The number of rotatable bonds is 17. The molecule has 0 bridgehead atoms. The van der Waals surface area contributed by atoms with Crippen molar-refractivity contribution >= 4 is 10.8 Å². The summed E-state index contributed by atoms with van der Waals surface area (Å²) in [5.74, 6) is 0. The van der Waals surface area contributed by atoms with E-state index in [1.165, 1.54) is 82.4 Å². The number of ether oxygens (including phenoxy) is 1. The van der Waals surface area contributed by atoms with Gasteiger partial charge < -0.3 is 9.84 Å². The molecule has 0 radical (unpaired) electrons. The van der Waals surface area contributed by atoms with Gasteiger partial charge in [-0.1, -0.05) is 126 Å². The lowest BCUT2D eigenvalue weighted by molar-refractivity contribution is 0.0351. The van der Waals surface area contributed by atoms with Gasteiger partial charge in [-0.15, -0.1) is 0 Å². The van der Waals surface area contributed by atoms with E-state index in [1.807, 2.05) is 24.3 Å². The molecule has 0 aliphatic rings. The molecule has 0 aliphatic heterocycles. The molecule has 0 saturated carbocycles. The Hall–Kier alpha value is -1.38. The predicted octanol–water partition coefficient (Wildman–Crippen LogP) is 7.98. The quantitative estimate of drug-likeness (QED) is 0.274. The van der Waals surface area contributed by atoms with Crippen molar-refractivity contribution in [2.24, 2.45) is 0 Å². The van der Waals surface area contributed by atoms with E-state index in [1.54, 1.807) is 0 Å². The van der Waals surface area contributed by atoms with Gasteiger partial charge in [0.25, 0.3) is 0 Å². The van der Waals surface area contributed by atoms with Gasteiger partial charge in [-0.25, -0.2) is 0 Å². The second kappa shape index (κ2) is 15.5. The average Bonchev–Trinajstić information content (AvgIpc) is 2.76. The molecule has 2 rings (SSSR count). The Bertz CT molecular complexity index is 647. The third kappa shape index (κ3) is 9.78. The van der Waals surface area contributed by atoms with Gasteiger partial charge >= 0.3 is 0 Å². The Morgan fingerprint density at radius 2 is 1.24 bits per heavy atom. The molecule has 0 heterocycles. The Morgan fingerprint density at radius 1 is 0.690 bits per heavy atom. The highest BCUT2D eigenvalue weighted by atomic mass is 16.5. The lowest BCUT2D eigenvalue weighted by atomic mass is 10.0. The molecule has 1 unspecified atom stereocenters. The zero-order valence-electron chi connectivity index (χ0n) is 18.6. The summed E-state index contributed by atoms with van der Waals surface area (Å²) in [4.78, 5) is 0. The summed E-state index contributed by atoms with van der Waals surface area (Å²) >= 11 is 0. The average molecular weight is 399 g/mol. The molecular formula is C27H42O2. The van der Waals surface area contributed by atoms with Crippen LogP contribution in [-0.2, 0) is 4.74 Å². The number of aliphatic hydroxyl groups is 1. The third-order valence-corrected chi connectivity index (χ3v) is 5.85. The van der Waals surface area contributed by atoms with Crippen LogP contribution in [0.1, 0.15) is 102 Å². The van der Waals surface area contributed by atoms with Gasteiger partial charge in [0.05, 0.1) is 6.61 Å². The second-order valence-corrected chi connectivity index (χ2v) is 8.40.